The van der Waals surface area contributed by atoms with Crippen LogP contribution in [0, 0.1) is 17.3 Å². The zero-order chi connectivity index (χ0) is 22.5. The molecule has 1 aromatic carbocycles. The van der Waals surface area contributed by atoms with Crippen molar-refractivity contribution in [1.82, 2.24) is 4.90 Å². The predicted molar refractivity (Wildman–Crippen MR) is 123 cm³/mol. The van der Waals surface area contributed by atoms with Crippen molar-refractivity contribution in [3.8, 4) is 0 Å². The van der Waals surface area contributed by atoms with Crippen LogP contribution in [0.1, 0.15) is 67.4 Å². The Morgan fingerprint density at radius 2 is 1.62 bits per heavy atom. The number of hydrogen-bond acceptors (Lipinski definition) is 3. The summed E-state index contributed by atoms with van der Waals surface area (Å²) in [6, 6.07) is 6.05. The summed E-state index contributed by atoms with van der Waals surface area (Å²) in [5.41, 5.74) is 2.79. The molecule has 0 aliphatic heterocycles. The highest BCUT2D eigenvalue weighted by atomic mass is 16.2. The fourth-order valence-corrected chi connectivity index (χ4v) is 3.07. The average Bonchev–Trinajstić information content (AvgIpc) is 2.57. The van der Waals surface area contributed by atoms with Gasteiger partial charge in [-0.2, -0.15) is 0 Å². The lowest BCUT2D eigenvalue weighted by Gasteiger charge is -2.35. The highest BCUT2D eigenvalue weighted by Gasteiger charge is 2.27. The summed E-state index contributed by atoms with van der Waals surface area (Å²) in [6.45, 7) is 17.0. The van der Waals surface area contributed by atoms with Crippen molar-refractivity contribution in [3.63, 3.8) is 0 Å². The van der Waals surface area contributed by atoms with Gasteiger partial charge in [0, 0.05) is 50.4 Å². The van der Waals surface area contributed by atoms with E-state index in [2.05, 4.69) is 51.8 Å². The van der Waals surface area contributed by atoms with Crippen molar-refractivity contribution in [2.75, 3.05) is 24.3 Å². The maximum absolute atomic E-state index is 13.2. The molecule has 0 bridgehead atoms. The van der Waals surface area contributed by atoms with E-state index in [1.54, 1.807) is 0 Å². The Bertz CT molecular complexity index is 703. The number of benzene rings is 1. The topological polar surface area (TPSA) is 52.7 Å². The molecule has 0 radical (unpaired) electrons. The molecule has 5 heteroatoms. The van der Waals surface area contributed by atoms with Gasteiger partial charge in [-0.25, -0.2) is 0 Å². The normalized spacial score (nSPS) is 12.8. The van der Waals surface area contributed by atoms with Crippen LogP contribution in [-0.4, -0.2) is 36.9 Å². The molecule has 0 saturated carbocycles. The van der Waals surface area contributed by atoms with E-state index in [0.29, 0.717) is 18.9 Å². The molecule has 0 aliphatic rings. The van der Waals surface area contributed by atoms with Crippen molar-refractivity contribution in [3.05, 3.63) is 23.8 Å². The molecule has 1 aromatic rings. The van der Waals surface area contributed by atoms with Gasteiger partial charge in [0.2, 0.25) is 11.8 Å². The minimum absolute atomic E-state index is 0.00948. The molecule has 1 N–H and O–H groups in total. The number of nitrogens with zero attached hydrogens (tertiary/aromatic N) is 2. The smallest absolute Gasteiger partial charge is 0.226 e. The highest BCUT2D eigenvalue weighted by Crippen LogP contribution is 2.28. The molecule has 0 spiro atoms. The van der Waals surface area contributed by atoms with Crippen molar-refractivity contribution in [1.29, 1.82) is 0 Å². The van der Waals surface area contributed by atoms with Gasteiger partial charge in [-0.3, -0.25) is 9.59 Å². The maximum atomic E-state index is 13.2. The number of nitrogens with one attached hydrogen (secondary N) is 1. The fourth-order valence-electron chi connectivity index (χ4n) is 3.07. The number of carbonyl (C=O) groups excluding carboxylic acids is 2. The number of anilines is 2. The van der Waals surface area contributed by atoms with Crippen LogP contribution in [0.15, 0.2) is 18.2 Å². The lowest BCUT2D eigenvalue weighted by Crippen LogP contribution is -2.42. The Morgan fingerprint density at radius 3 is 2.07 bits per heavy atom. The van der Waals surface area contributed by atoms with Crippen molar-refractivity contribution in [2.45, 2.75) is 74.4 Å². The molecule has 1 rings (SSSR count). The first-order chi connectivity index (χ1) is 13.2. The minimum Gasteiger partial charge on any atom is -0.377 e. The molecule has 5 nitrogen and oxygen atoms in total. The first-order valence-electron chi connectivity index (χ1n) is 10.6. The first-order valence-corrected chi connectivity index (χ1v) is 10.6. The number of amides is 2. The summed E-state index contributed by atoms with van der Waals surface area (Å²) in [4.78, 5) is 29.4. The second-order valence-corrected chi connectivity index (χ2v) is 10.1. The molecule has 29 heavy (non-hydrogen) atoms. The van der Waals surface area contributed by atoms with Gasteiger partial charge in [0.15, 0.2) is 0 Å². The molecule has 1 atom stereocenters. The highest BCUT2D eigenvalue weighted by molar-refractivity contribution is 5.92. The van der Waals surface area contributed by atoms with Crippen LogP contribution < -0.4 is 10.2 Å². The lowest BCUT2D eigenvalue weighted by molar-refractivity contribution is -0.136. The van der Waals surface area contributed by atoms with E-state index in [0.717, 1.165) is 16.9 Å². The minimum atomic E-state index is -0.0854. The second kappa shape index (κ2) is 10.1. The van der Waals surface area contributed by atoms with Gasteiger partial charge in [0.1, 0.15) is 0 Å². The van der Waals surface area contributed by atoms with E-state index in [1.807, 2.05) is 51.0 Å². The molecule has 1 unspecified atom stereocenters. The maximum Gasteiger partial charge on any atom is 0.226 e. The van der Waals surface area contributed by atoms with Gasteiger partial charge in [0.05, 0.1) is 0 Å². The van der Waals surface area contributed by atoms with Gasteiger partial charge >= 0.3 is 0 Å². The Balaban J connectivity index is 3.30. The number of hydrogen-bond donors (Lipinski definition) is 1. The molecule has 164 valence electrons. The molecule has 0 aromatic heterocycles. The first kappa shape index (κ1) is 25.0. The molecule has 2 amide bonds. The Kier molecular flexibility index (Phi) is 8.73. The third-order valence-electron chi connectivity index (χ3n) is 5.15. The quantitative estimate of drug-likeness (QED) is 0.652. The van der Waals surface area contributed by atoms with E-state index in [4.69, 9.17) is 0 Å². The summed E-state index contributed by atoms with van der Waals surface area (Å²) in [7, 11) is 4.00. The van der Waals surface area contributed by atoms with E-state index < -0.39 is 0 Å². The molecule has 0 heterocycles. The lowest BCUT2D eigenvalue weighted by atomic mass is 9.90. The van der Waals surface area contributed by atoms with Gasteiger partial charge in [-0.05, 0) is 42.0 Å². The monoisotopic (exact) mass is 403 g/mol. The largest absolute Gasteiger partial charge is 0.377 e. The molecule has 0 fully saturated rings. The number of carbonyl (C=O) groups is 2. The van der Waals surface area contributed by atoms with E-state index >= 15 is 0 Å². The SMILES string of the molecule is CC(C)C(=O)Nc1ccc(N(C)C)c(CN(C(=O)CC(C)(C)C)C(C)C(C)C)c1. The Morgan fingerprint density at radius 1 is 1.03 bits per heavy atom. The molecule has 0 saturated heterocycles. The van der Waals surface area contributed by atoms with Crippen LogP contribution in [-0.2, 0) is 16.1 Å². The van der Waals surface area contributed by atoms with E-state index in [1.165, 1.54) is 0 Å². The second-order valence-electron chi connectivity index (χ2n) is 10.1. The summed E-state index contributed by atoms with van der Waals surface area (Å²) < 4.78 is 0. The average molecular weight is 404 g/mol. The van der Waals surface area contributed by atoms with Gasteiger partial charge in [-0.15, -0.1) is 0 Å². The summed E-state index contributed by atoms with van der Waals surface area (Å²) in [5.74, 6) is 0.424. The van der Waals surface area contributed by atoms with Crippen LogP contribution in [0.5, 0.6) is 0 Å². The van der Waals surface area contributed by atoms with E-state index in [-0.39, 0.29) is 29.2 Å². The fraction of sp³-hybridized carbons (Fsp3) is 0.667. The third-order valence-corrected chi connectivity index (χ3v) is 5.15. The Hall–Kier alpha value is -2.04. The molecular formula is C24H41N3O2. The summed E-state index contributed by atoms with van der Waals surface area (Å²) >= 11 is 0. The van der Waals surface area contributed by atoms with Crippen molar-refractivity contribution < 1.29 is 9.59 Å². The van der Waals surface area contributed by atoms with Gasteiger partial charge in [-0.1, -0.05) is 48.5 Å². The standard InChI is InChI=1S/C24H41N3O2/c1-16(2)18(5)27(22(28)14-24(6,7)8)15-19-13-20(25-23(29)17(3)4)11-12-21(19)26(9)10/h11-13,16-18H,14-15H2,1-10H3,(H,25,29). The zero-order valence-corrected chi connectivity index (χ0v) is 20.1. The van der Waals surface area contributed by atoms with Crippen molar-refractivity contribution in [2.24, 2.45) is 17.3 Å². The van der Waals surface area contributed by atoms with E-state index in [9.17, 15) is 9.59 Å². The van der Waals surface area contributed by atoms with Crippen LogP contribution in [0.2, 0.25) is 0 Å². The van der Waals surface area contributed by atoms with Gasteiger partial charge < -0.3 is 15.1 Å². The molecule has 0 aliphatic carbocycles. The third kappa shape index (κ3) is 7.71. The Labute approximate surface area is 177 Å². The zero-order valence-electron chi connectivity index (χ0n) is 20.1. The summed E-state index contributed by atoms with van der Waals surface area (Å²) in [5, 5.41) is 2.98. The number of rotatable bonds is 8. The van der Waals surface area contributed by atoms with Gasteiger partial charge in [0.25, 0.3) is 0 Å². The van der Waals surface area contributed by atoms with Crippen molar-refractivity contribution >= 4 is 23.2 Å². The van der Waals surface area contributed by atoms with Crippen LogP contribution >= 0.6 is 0 Å². The van der Waals surface area contributed by atoms with Crippen LogP contribution in [0.25, 0.3) is 0 Å². The molecular weight excluding hydrogens is 362 g/mol. The predicted octanol–water partition coefficient (Wildman–Crippen LogP) is 5.16. The summed E-state index contributed by atoms with van der Waals surface area (Å²) in [6.07, 6.45) is 0.505. The van der Waals surface area contributed by atoms with Crippen LogP contribution in [0.4, 0.5) is 11.4 Å². The van der Waals surface area contributed by atoms with Crippen LogP contribution in [0.3, 0.4) is 0 Å².